The minimum Gasteiger partial charge on any atom is -0.358 e. The summed E-state index contributed by atoms with van der Waals surface area (Å²) in [5.74, 6) is -0.575. The molecule has 2 aliphatic rings. The molecule has 0 aliphatic carbocycles. The number of imide groups is 1. The van der Waals surface area contributed by atoms with Crippen molar-refractivity contribution < 1.29 is 14.4 Å². The van der Waals surface area contributed by atoms with Gasteiger partial charge in [-0.15, -0.1) is 0 Å². The first-order valence-electron chi connectivity index (χ1n) is 7.69. The number of rotatable bonds is 2. The van der Waals surface area contributed by atoms with Gasteiger partial charge in [-0.1, -0.05) is 15.9 Å². The first-order chi connectivity index (χ1) is 11.5. The fraction of sp³-hybridized carbons (Fsp3) is 0.312. The van der Waals surface area contributed by atoms with Crippen molar-refractivity contribution >= 4 is 44.7 Å². The van der Waals surface area contributed by atoms with Gasteiger partial charge in [0, 0.05) is 46.1 Å². The van der Waals surface area contributed by atoms with Gasteiger partial charge in [0.25, 0.3) is 5.91 Å². The first kappa shape index (κ1) is 15.2. The van der Waals surface area contributed by atoms with Crippen molar-refractivity contribution in [3.05, 3.63) is 33.9 Å². The predicted octanol–water partition coefficient (Wildman–Crippen LogP) is 1.41. The van der Waals surface area contributed by atoms with Crippen LogP contribution in [0.3, 0.4) is 0 Å². The van der Waals surface area contributed by atoms with E-state index in [0.717, 1.165) is 33.1 Å². The highest BCUT2D eigenvalue weighted by molar-refractivity contribution is 9.10. The number of hydrogen-bond acceptors (Lipinski definition) is 3. The molecule has 8 heteroatoms. The van der Waals surface area contributed by atoms with Crippen LogP contribution in [0.25, 0.3) is 10.9 Å². The van der Waals surface area contributed by atoms with E-state index in [-0.39, 0.29) is 12.3 Å². The molecule has 3 heterocycles. The summed E-state index contributed by atoms with van der Waals surface area (Å²) >= 11 is 3.48. The van der Waals surface area contributed by atoms with Gasteiger partial charge >= 0.3 is 6.03 Å². The van der Waals surface area contributed by atoms with Crippen molar-refractivity contribution in [3.8, 4) is 0 Å². The van der Waals surface area contributed by atoms with E-state index in [1.165, 1.54) is 0 Å². The summed E-state index contributed by atoms with van der Waals surface area (Å²) in [7, 11) is 0. The van der Waals surface area contributed by atoms with E-state index in [1.807, 2.05) is 18.2 Å². The molecule has 0 bridgehead atoms. The minimum atomic E-state index is -0.775. The Morgan fingerprint density at radius 2 is 2.17 bits per heavy atom. The van der Waals surface area contributed by atoms with Crippen molar-refractivity contribution in [2.75, 3.05) is 6.54 Å². The number of aromatic amines is 1. The molecule has 3 N–H and O–H groups in total. The van der Waals surface area contributed by atoms with E-state index in [0.29, 0.717) is 13.1 Å². The van der Waals surface area contributed by atoms with Crippen LogP contribution < -0.4 is 10.6 Å². The summed E-state index contributed by atoms with van der Waals surface area (Å²) in [6.07, 6.45) is 0.732. The second-order valence-electron chi connectivity index (χ2n) is 6.06. The lowest BCUT2D eigenvalue weighted by Gasteiger charge is -2.28. The molecule has 0 unspecified atom stereocenters. The van der Waals surface area contributed by atoms with Crippen molar-refractivity contribution in [1.29, 1.82) is 0 Å². The number of nitrogens with zero attached hydrogens (tertiary/aromatic N) is 1. The quantitative estimate of drug-likeness (QED) is 0.676. The first-order valence-corrected chi connectivity index (χ1v) is 8.48. The number of urea groups is 1. The number of H-pyrrole nitrogens is 1. The molecular weight excluding hydrogens is 376 g/mol. The molecular formula is C16H15BrN4O3. The summed E-state index contributed by atoms with van der Waals surface area (Å²) in [5, 5.41) is 5.71. The zero-order valence-corrected chi connectivity index (χ0v) is 14.3. The van der Waals surface area contributed by atoms with Gasteiger partial charge in [-0.3, -0.25) is 14.9 Å². The monoisotopic (exact) mass is 390 g/mol. The number of carbonyl (C=O) groups is 3. The molecule has 4 rings (SSSR count). The van der Waals surface area contributed by atoms with Gasteiger partial charge in [-0.2, -0.15) is 0 Å². The number of halogens is 1. The summed E-state index contributed by atoms with van der Waals surface area (Å²) < 4.78 is 0.991. The van der Waals surface area contributed by atoms with E-state index < -0.39 is 18.0 Å². The Morgan fingerprint density at radius 1 is 1.33 bits per heavy atom. The van der Waals surface area contributed by atoms with Crippen LogP contribution in [0.2, 0.25) is 0 Å². The second kappa shape index (κ2) is 5.62. The van der Waals surface area contributed by atoms with Crippen LogP contribution >= 0.6 is 15.9 Å². The minimum absolute atomic E-state index is 0.0149. The number of fused-ring (bicyclic) bond motifs is 3. The van der Waals surface area contributed by atoms with Crippen LogP contribution in [-0.4, -0.2) is 40.3 Å². The standard InChI is InChI=1S/C16H15BrN4O3/c17-8-1-2-11-9(5-8)10-7-21(4-3-12(10)18-11)14(22)6-13-15(23)20-16(24)19-13/h1-2,5,13,18H,3-4,6-7H2,(H2,19,20,23,24)/t13-/m0/s1. The lowest BCUT2D eigenvalue weighted by Crippen LogP contribution is -2.41. The smallest absolute Gasteiger partial charge is 0.322 e. The van der Waals surface area contributed by atoms with Gasteiger partial charge in [0.2, 0.25) is 5.91 Å². The molecule has 0 saturated carbocycles. The van der Waals surface area contributed by atoms with E-state index in [2.05, 4.69) is 31.5 Å². The highest BCUT2D eigenvalue weighted by Gasteiger charge is 2.33. The number of benzene rings is 1. The molecule has 0 radical (unpaired) electrons. The molecule has 1 saturated heterocycles. The topological polar surface area (TPSA) is 94.3 Å². The van der Waals surface area contributed by atoms with E-state index in [9.17, 15) is 14.4 Å². The van der Waals surface area contributed by atoms with Gasteiger partial charge in [-0.25, -0.2) is 4.79 Å². The third-order valence-corrected chi connectivity index (χ3v) is 5.02. The molecule has 1 aromatic carbocycles. The van der Waals surface area contributed by atoms with Crippen LogP contribution in [0.5, 0.6) is 0 Å². The molecule has 2 aliphatic heterocycles. The molecule has 124 valence electrons. The Labute approximate surface area is 145 Å². The van der Waals surface area contributed by atoms with Crippen LogP contribution in [0.1, 0.15) is 17.7 Å². The Kier molecular flexibility index (Phi) is 3.56. The Balaban J connectivity index is 1.54. The van der Waals surface area contributed by atoms with Crippen molar-refractivity contribution in [2.24, 2.45) is 0 Å². The normalized spacial score (nSPS) is 20.0. The molecule has 7 nitrogen and oxygen atoms in total. The fourth-order valence-corrected chi connectivity index (χ4v) is 3.67. The summed E-state index contributed by atoms with van der Waals surface area (Å²) in [4.78, 5) is 40.4. The van der Waals surface area contributed by atoms with E-state index >= 15 is 0 Å². The summed E-state index contributed by atoms with van der Waals surface area (Å²) in [5.41, 5.74) is 3.32. The Morgan fingerprint density at radius 3 is 2.92 bits per heavy atom. The van der Waals surface area contributed by atoms with Crippen LogP contribution in [-0.2, 0) is 22.6 Å². The number of nitrogens with one attached hydrogen (secondary N) is 3. The lowest BCUT2D eigenvalue weighted by molar-refractivity contribution is -0.134. The van der Waals surface area contributed by atoms with Gasteiger partial charge in [0.1, 0.15) is 6.04 Å². The maximum absolute atomic E-state index is 12.5. The van der Waals surface area contributed by atoms with Crippen LogP contribution in [0.15, 0.2) is 22.7 Å². The molecule has 1 fully saturated rings. The summed E-state index contributed by atoms with van der Waals surface area (Å²) in [6, 6.07) is 4.73. The molecule has 2 aromatic rings. The van der Waals surface area contributed by atoms with Gasteiger partial charge in [0.05, 0.1) is 6.42 Å². The number of amides is 4. The van der Waals surface area contributed by atoms with Gasteiger partial charge < -0.3 is 15.2 Å². The van der Waals surface area contributed by atoms with Gasteiger partial charge in [0.15, 0.2) is 0 Å². The van der Waals surface area contributed by atoms with E-state index in [4.69, 9.17) is 0 Å². The number of carbonyl (C=O) groups excluding carboxylic acids is 3. The number of aromatic nitrogens is 1. The third kappa shape index (κ3) is 2.56. The molecule has 1 aromatic heterocycles. The van der Waals surface area contributed by atoms with E-state index in [1.54, 1.807) is 4.90 Å². The summed E-state index contributed by atoms with van der Waals surface area (Å²) in [6.45, 7) is 1.11. The zero-order chi connectivity index (χ0) is 16.8. The fourth-order valence-electron chi connectivity index (χ4n) is 3.31. The largest absolute Gasteiger partial charge is 0.358 e. The van der Waals surface area contributed by atoms with Crippen LogP contribution in [0.4, 0.5) is 4.79 Å². The maximum atomic E-state index is 12.5. The van der Waals surface area contributed by atoms with Crippen molar-refractivity contribution in [3.63, 3.8) is 0 Å². The van der Waals surface area contributed by atoms with Crippen LogP contribution in [0, 0.1) is 0 Å². The lowest BCUT2D eigenvalue weighted by atomic mass is 10.0. The highest BCUT2D eigenvalue weighted by Crippen LogP contribution is 2.30. The maximum Gasteiger partial charge on any atom is 0.322 e. The molecule has 1 atom stereocenters. The zero-order valence-electron chi connectivity index (χ0n) is 12.7. The average molecular weight is 391 g/mol. The Bertz CT molecular complexity index is 876. The number of hydrogen-bond donors (Lipinski definition) is 3. The molecule has 0 spiro atoms. The predicted molar refractivity (Wildman–Crippen MR) is 90.2 cm³/mol. The SMILES string of the molecule is O=C1NC(=O)[C@H](CC(=O)N2CCc3[nH]c4ccc(Br)cc4c3C2)N1. The molecule has 4 amide bonds. The highest BCUT2D eigenvalue weighted by atomic mass is 79.9. The van der Waals surface area contributed by atoms with Crippen molar-refractivity contribution in [2.45, 2.75) is 25.4 Å². The second-order valence-corrected chi connectivity index (χ2v) is 6.97. The van der Waals surface area contributed by atoms with Crippen molar-refractivity contribution in [1.82, 2.24) is 20.5 Å². The average Bonchev–Trinajstić information content (AvgIpc) is 3.06. The third-order valence-electron chi connectivity index (χ3n) is 4.53. The molecule has 24 heavy (non-hydrogen) atoms. The Hall–Kier alpha value is -2.35. The van der Waals surface area contributed by atoms with Gasteiger partial charge in [-0.05, 0) is 18.2 Å².